The number of hydrogen-bond acceptors (Lipinski definition) is 5. The van der Waals surface area contributed by atoms with Crippen molar-refractivity contribution in [3.8, 4) is 10.6 Å². The first-order valence-electron chi connectivity index (χ1n) is 9.62. The van der Waals surface area contributed by atoms with E-state index >= 15 is 0 Å². The third-order valence-electron chi connectivity index (χ3n) is 5.10. The fraction of sp³-hybridized carbons (Fsp3) is 0.364. The number of rotatable bonds is 5. The van der Waals surface area contributed by atoms with Gasteiger partial charge in [-0.2, -0.15) is 0 Å². The highest BCUT2D eigenvalue weighted by molar-refractivity contribution is 7.15. The number of benzene rings is 1. The van der Waals surface area contributed by atoms with E-state index in [0.29, 0.717) is 5.92 Å². The molecule has 0 aliphatic carbocycles. The minimum atomic E-state index is 0.565. The predicted octanol–water partition coefficient (Wildman–Crippen LogP) is 4.65. The number of piperazine rings is 1. The lowest BCUT2D eigenvalue weighted by Gasteiger charge is -2.35. The number of pyridine rings is 1. The average Bonchev–Trinajstić information content (AvgIpc) is 3.18. The summed E-state index contributed by atoms with van der Waals surface area (Å²) in [6.45, 7) is 9.62. The summed E-state index contributed by atoms with van der Waals surface area (Å²) in [7, 11) is 0. The zero-order valence-electron chi connectivity index (χ0n) is 16.0. The van der Waals surface area contributed by atoms with Gasteiger partial charge in [0.25, 0.3) is 0 Å². The highest BCUT2D eigenvalue weighted by atomic mass is 32.1. The summed E-state index contributed by atoms with van der Waals surface area (Å²) < 4.78 is 0. The first kappa shape index (κ1) is 18.1. The van der Waals surface area contributed by atoms with Gasteiger partial charge in [0.05, 0.1) is 0 Å². The lowest BCUT2D eigenvalue weighted by molar-refractivity contribution is 0.251. The molecule has 0 spiro atoms. The average molecular weight is 379 g/mol. The van der Waals surface area contributed by atoms with Gasteiger partial charge in [0.1, 0.15) is 10.8 Å². The van der Waals surface area contributed by atoms with Gasteiger partial charge in [-0.15, -0.1) is 11.3 Å². The molecule has 0 amide bonds. The molecule has 1 saturated heterocycles. The van der Waals surface area contributed by atoms with Crippen LogP contribution in [0.15, 0.2) is 54.9 Å². The molecule has 1 fully saturated rings. The van der Waals surface area contributed by atoms with Crippen molar-refractivity contribution in [3.05, 3.63) is 65.3 Å². The highest BCUT2D eigenvalue weighted by Gasteiger charge is 2.18. The maximum absolute atomic E-state index is 4.66. The molecule has 0 atom stereocenters. The molecular formula is C22H26N4S. The number of nitrogens with zero attached hydrogens (tertiary/aromatic N) is 4. The van der Waals surface area contributed by atoms with Crippen LogP contribution >= 0.6 is 11.3 Å². The molecule has 0 unspecified atom stereocenters. The fourth-order valence-electron chi connectivity index (χ4n) is 3.42. The zero-order valence-corrected chi connectivity index (χ0v) is 16.8. The topological polar surface area (TPSA) is 32.3 Å². The SMILES string of the molecule is CC(C)c1ccc(-c2ncc(CN3CCN(c4ccccn4)CC3)s2)cc1. The van der Waals surface area contributed by atoms with Crippen molar-refractivity contribution >= 4 is 17.2 Å². The molecular weight excluding hydrogens is 352 g/mol. The largest absolute Gasteiger partial charge is 0.354 e. The molecule has 5 heteroatoms. The zero-order chi connectivity index (χ0) is 18.6. The van der Waals surface area contributed by atoms with Crippen LogP contribution in [0.25, 0.3) is 10.6 Å². The molecule has 3 aromatic rings. The molecule has 0 bridgehead atoms. The first-order chi connectivity index (χ1) is 13.2. The molecule has 4 rings (SSSR count). The predicted molar refractivity (Wildman–Crippen MR) is 113 cm³/mol. The van der Waals surface area contributed by atoms with Crippen LogP contribution < -0.4 is 4.90 Å². The standard InChI is InChI=1S/C22H26N4S/c1-17(2)18-6-8-19(9-7-18)22-24-15-20(27-22)16-25-11-13-26(14-12-25)21-5-3-4-10-23-21/h3-10,15,17H,11-14,16H2,1-2H3. The quantitative estimate of drug-likeness (QED) is 0.647. The Morgan fingerprint density at radius 3 is 2.41 bits per heavy atom. The van der Waals surface area contributed by atoms with Crippen LogP contribution in [0.4, 0.5) is 5.82 Å². The van der Waals surface area contributed by atoms with Gasteiger partial charge < -0.3 is 4.90 Å². The minimum Gasteiger partial charge on any atom is -0.354 e. The van der Waals surface area contributed by atoms with Gasteiger partial charge in [0, 0.05) is 55.6 Å². The normalized spacial score (nSPS) is 15.4. The Labute approximate surface area is 165 Å². The molecule has 1 aliphatic rings. The summed E-state index contributed by atoms with van der Waals surface area (Å²) in [6.07, 6.45) is 3.91. The molecule has 2 aromatic heterocycles. The smallest absolute Gasteiger partial charge is 0.128 e. The summed E-state index contributed by atoms with van der Waals surface area (Å²) in [6, 6.07) is 15.0. The molecule has 4 nitrogen and oxygen atoms in total. The molecule has 0 N–H and O–H groups in total. The van der Waals surface area contributed by atoms with E-state index in [9.17, 15) is 0 Å². The van der Waals surface area contributed by atoms with Gasteiger partial charge in [0.15, 0.2) is 0 Å². The second kappa shape index (κ2) is 8.19. The lowest BCUT2D eigenvalue weighted by Crippen LogP contribution is -2.46. The van der Waals surface area contributed by atoms with Crippen LogP contribution in [-0.4, -0.2) is 41.0 Å². The van der Waals surface area contributed by atoms with Crippen molar-refractivity contribution in [2.75, 3.05) is 31.1 Å². The second-order valence-corrected chi connectivity index (χ2v) is 8.47. The third-order valence-corrected chi connectivity index (χ3v) is 6.13. The monoisotopic (exact) mass is 378 g/mol. The number of aromatic nitrogens is 2. The van der Waals surface area contributed by atoms with E-state index < -0.39 is 0 Å². The van der Waals surface area contributed by atoms with E-state index in [1.807, 2.05) is 29.8 Å². The maximum Gasteiger partial charge on any atom is 0.128 e. The third kappa shape index (κ3) is 4.37. The molecule has 0 saturated carbocycles. The van der Waals surface area contributed by atoms with Crippen LogP contribution in [-0.2, 0) is 6.54 Å². The summed E-state index contributed by atoms with van der Waals surface area (Å²) >= 11 is 1.81. The minimum absolute atomic E-state index is 0.565. The Morgan fingerprint density at radius 2 is 1.74 bits per heavy atom. The number of hydrogen-bond donors (Lipinski definition) is 0. The van der Waals surface area contributed by atoms with Crippen molar-refractivity contribution in [1.29, 1.82) is 0 Å². The van der Waals surface area contributed by atoms with Gasteiger partial charge in [-0.25, -0.2) is 9.97 Å². The van der Waals surface area contributed by atoms with E-state index in [1.54, 1.807) is 0 Å². The first-order valence-corrected chi connectivity index (χ1v) is 10.4. The van der Waals surface area contributed by atoms with Gasteiger partial charge in [-0.3, -0.25) is 4.90 Å². The molecule has 27 heavy (non-hydrogen) atoms. The number of thiazole rings is 1. The van der Waals surface area contributed by atoms with E-state index in [-0.39, 0.29) is 0 Å². The van der Waals surface area contributed by atoms with Crippen LogP contribution in [0.1, 0.15) is 30.2 Å². The van der Waals surface area contributed by atoms with Crippen LogP contribution in [0.5, 0.6) is 0 Å². The molecule has 3 heterocycles. The van der Waals surface area contributed by atoms with Gasteiger partial charge in [0.2, 0.25) is 0 Å². The summed E-state index contributed by atoms with van der Waals surface area (Å²) in [5.74, 6) is 1.65. The van der Waals surface area contributed by atoms with E-state index in [0.717, 1.165) is 43.5 Å². The summed E-state index contributed by atoms with van der Waals surface area (Å²) in [5.41, 5.74) is 2.59. The Balaban J connectivity index is 1.35. The Morgan fingerprint density at radius 1 is 0.963 bits per heavy atom. The molecule has 140 valence electrons. The van der Waals surface area contributed by atoms with Crippen molar-refractivity contribution in [2.45, 2.75) is 26.3 Å². The van der Waals surface area contributed by atoms with Crippen molar-refractivity contribution in [3.63, 3.8) is 0 Å². The Kier molecular flexibility index (Phi) is 5.50. The highest BCUT2D eigenvalue weighted by Crippen LogP contribution is 2.28. The Hall–Kier alpha value is -2.24. The molecule has 1 aromatic carbocycles. The van der Waals surface area contributed by atoms with Crippen LogP contribution in [0, 0.1) is 0 Å². The summed E-state index contributed by atoms with van der Waals surface area (Å²) in [5, 5.41) is 1.12. The van der Waals surface area contributed by atoms with Gasteiger partial charge in [-0.1, -0.05) is 44.2 Å². The van der Waals surface area contributed by atoms with Crippen LogP contribution in [0.3, 0.4) is 0 Å². The maximum atomic E-state index is 4.66. The molecule has 0 radical (unpaired) electrons. The van der Waals surface area contributed by atoms with Gasteiger partial charge in [-0.05, 0) is 23.6 Å². The Bertz CT molecular complexity index is 850. The molecule has 1 aliphatic heterocycles. The van der Waals surface area contributed by atoms with Crippen molar-refractivity contribution < 1.29 is 0 Å². The lowest BCUT2D eigenvalue weighted by atomic mass is 10.0. The number of anilines is 1. The summed E-state index contributed by atoms with van der Waals surface area (Å²) in [4.78, 5) is 15.3. The fourth-order valence-corrected chi connectivity index (χ4v) is 4.38. The van der Waals surface area contributed by atoms with E-state index in [2.05, 4.69) is 70.0 Å². The van der Waals surface area contributed by atoms with Crippen molar-refractivity contribution in [2.24, 2.45) is 0 Å². The van der Waals surface area contributed by atoms with Gasteiger partial charge >= 0.3 is 0 Å². The second-order valence-electron chi connectivity index (χ2n) is 7.36. The van der Waals surface area contributed by atoms with Crippen molar-refractivity contribution in [1.82, 2.24) is 14.9 Å². The van der Waals surface area contributed by atoms with E-state index in [1.165, 1.54) is 16.0 Å². The van der Waals surface area contributed by atoms with Crippen LogP contribution in [0.2, 0.25) is 0 Å². The van der Waals surface area contributed by atoms with E-state index in [4.69, 9.17) is 0 Å².